The lowest BCUT2D eigenvalue weighted by atomic mass is 10.1. The average molecular weight is 514 g/mol. The van der Waals surface area contributed by atoms with Gasteiger partial charge in [0.25, 0.3) is 11.8 Å². The van der Waals surface area contributed by atoms with Gasteiger partial charge in [-0.1, -0.05) is 0 Å². The Morgan fingerprint density at radius 1 is 1.11 bits per heavy atom. The third kappa shape index (κ3) is 6.59. The number of aromatic nitrogens is 1. The first-order valence-electron chi connectivity index (χ1n) is 12.7. The van der Waals surface area contributed by atoms with Crippen LogP contribution in [0, 0.1) is 13.8 Å². The summed E-state index contributed by atoms with van der Waals surface area (Å²) in [5.74, 6) is 1.10. The van der Waals surface area contributed by atoms with Gasteiger partial charge in [0.05, 0.1) is 18.8 Å². The van der Waals surface area contributed by atoms with Gasteiger partial charge in [-0.25, -0.2) is 4.98 Å². The minimum Gasteiger partial charge on any atom is -0.493 e. The van der Waals surface area contributed by atoms with Crippen LogP contribution >= 0.6 is 0 Å². The number of carbonyl (C=O) groups is 3. The van der Waals surface area contributed by atoms with Crippen LogP contribution in [0.5, 0.6) is 11.5 Å². The van der Waals surface area contributed by atoms with Crippen molar-refractivity contribution in [2.45, 2.75) is 51.7 Å². The standard InChI is InChI=1S/C26H35N5O6/c1-16-23(36-17(2)30-16)26(34)31-11-5-4-9-28-25(33)20-14-19(15-29-20)37-22-13-18(7-8-21(22)35-3)24(32)27-10-6-12-31/h7-8,13,19-20,29H,4-6,9-12,14-15H2,1-3H3,(H,27,32)(H,28,33)/t19-,20-/m0/s1. The lowest BCUT2D eigenvalue weighted by Crippen LogP contribution is -2.41. The van der Waals surface area contributed by atoms with E-state index in [1.807, 2.05) is 0 Å². The van der Waals surface area contributed by atoms with Gasteiger partial charge < -0.3 is 34.7 Å². The zero-order valence-corrected chi connectivity index (χ0v) is 21.6. The molecule has 1 saturated heterocycles. The van der Waals surface area contributed by atoms with E-state index in [-0.39, 0.29) is 35.6 Å². The van der Waals surface area contributed by atoms with E-state index in [4.69, 9.17) is 13.9 Å². The zero-order valence-electron chi connectivity index (χ0n) is 21.6. The van der Waals surface area contributed by atoms with E-state index in [1.54, 1.807) is 44.1 Å². The van der Waals surface area contributed by atoms with Crippen molar-refractivity contribution in [3.63, 3.8) is 0 Å². The fourth-order valence-electron chi connectivity index (χ4n) is 4.61. The molecule has 0 radical (unpaired) electrons. The van der Waals surface area contributed by atoms with Crippen molar-refractivity contribution in [3.05, 3.63) is 41.1 Å². The number of benzene rings is 1. The lowest BCUT2D eigenvalue weighted by molar-refractivity contribution is -0.122. The number of ether oxygens (including phenoxy) is 2. The molecule has 2 aromatic rings. The van der Waals surface area contributed by atoms with Gasteiger partial charge in [-0.3, -0.25) is 14.4 Å². The van der Waals surface area contributed by atoms with Crippen molar-refractivity contribution in [2.24, 2.45) is 0 Å². The summed E-state index contributed by atoms with van der Waals surface area (Å²) in [6.45, 7) is 5.81. The van der Waals surface area contributed by atoms with Crippen LogP contribution in [0.15, 0.2) is 22.6 Å². The number of nitrogens with zero attached hydrogens (tertiary/aromatic N) is 2. The molecule has 3 heterocycles. The Morgan fingerprint density at radius 3 is 2.65 bits per heavy atom. The van der Waals surface area contributed by atoms with E-state index in [2.05, 4.69) is 20.9 Å². The Balaban J connectivity index is 1.49. The summed E-state index contributed by atoms with van der Waals surface area (Å²) in [6, 6.07) is 4.67. The second kappa shape index (κ2) is 12.1. The molecule has 3 amide bonds. The van der Waals surface area contributed by atoms with Crippen LogP contribution < -0.4 is 25.4 Å². The van der Waals surface area contributed by atoms with Crippen LogP contribution in [0.25, 0.3) is 0 Å². The van der Waals surface area contributed by atoms with Gasteiger partial charge in [-0.15, -0.1) is 0 Å². The Labute approximate surface area is 216 Å². The average Bonchev–Trinajstić information content (AvgIpc) is 3.49. The van der Waals surface area contributed by atoms with Crippen molar-refractivity contribution in [2.75, 3.05) is 39.8 Å². The maximum absolute atomic E-state index is 13.2. The number of hydrogen-bond acceptors (Lipinski definition) is 8. The Kier molecular flexibility index (Phi) is 8.65. The van der Waals surface area contributed by atoms with Crippen LogP contribution in [0.4, 0.5) is 0 Å². The highest BCUT2D eigenvalue weighted by Crippen LogP contribution is 2.30. The van der Waals surface area contributed by atoms with Crippen molar-refractivity contribution in [1.29, 1.82) is 0 Å². The van der Waals surface area contributed by atoms with Gasteiger partial charge in [0, 0.05) is 51.6 Å². The van der Waals surface area contributed by atoms with Crippen LogP contribution in [0.1, 0.15) is 58.2 Å². The Hall–Kier alpha value is -3.60. The van der Waals surface area contributed by atoms with Crippen molar-refractivity contribution < 1.29 is 28.3 Å². The van der Waals surface area contributed by atoms with Crippen LogP contribution in [-0.4, -0.2) is 79.6 Å². The van der Waals surface area contributed by atoms with Crippen LogP contribution in [0.3, 0.4) is 0 Å². The number of amides is 3. The second-order valence-electron chi connectivity index (χ2n) is 9.35. The molecular weight excluding hydrogens is 478 g/mol. The summed E-state index contributed by atoms with van der Waals surface area (Å²) >= 11 is 0. The highest BCUT2D eigenvalue weighted by Gasteiger charge is 2.31. The highest BCUT2D eigenvalue weighted by molar-refractivity contribution is 5.95. The molecule has 4 rings (SSSR count). The number of carbonyl (C=O) groups excluding carboxylic acids is 3. The maximum atomic E-state index is 13.2. The molecule has 3 N–H and O–H groups in total. The summed E-state index contributed by atoms with van der Waals surface area (Å²) in [7, 11) is 1.54. The minimum atomic E-state index is -0.361. The fourth-order valence-corrected chi connectivity index (χ4v) is 4.61. The molecule has 1 fully saturated rings. The van der Waals surface area contributed by atoms with Crippen molar-refractivity contribution >= 4 is 17.7 Å². The number of nitrogens with one attached hydrogen (secondary N) is 3. The quantitative estimate of drug-likeness (QED) is 0.551. The van der Waals surface area contributed by atoms with E-state index in [1.165, 1.54) is 0 Å². The van der Waals surface area contributed by atoms with E-state index in [0.717, 1.165) is 6.42 Å². The van der Waals surface area contributed by atoms with E-state index in [9.17, 15) is 14.4 Å². The van der Waals surface area contributed by atoms with Crippen molar-refractivity contribution in [1.82, 2.24) is 25.8 Å². The summed E-state index contributed by atoms with van der Waals surface area (Å²) in [5.41, 5.74) is 0.994. The van der Waals surface area contributed by atoms with Gasteiger partial charge in [-0.2, -0.15) is 0 Å². The molecule has 2 aliphatic heterocycles. The summed E-state index contributed by atoms with van der Waals surface area (Å²) in [6.07, 6.45) is 2.27. The second-order valence-corrected chi connectivity index (χ2v) is 9.35. The topological polar surface area (TPSA) is 135 Å². The molecule has 37 heavy (non-hydrogen) atoms. The first-order valence-corrected chi connectivity index (χ1v) is 12.7. The first-order chi connectivity index (χ1) is 17.9. The normalized spacial score (nSPS) is 21.6. The number of fused-ring (bicyclic) bond motifs is 4. The molecule has 2 aliphatic rings. The minimum absolute atomic E-state index is 0.0789. The predicted octanol–water partition coefficient (Wildman–Crippen LogP) is 1.58. The molecular formula is C26H35N5O6. The van der Waals surface area contributed by atoms with Gasteiger partial charge >= 0.3 is 0 Å². The highest BCUT2D eigenvalue weighted by atomic mass is 16.5. The number of hydrogen-bond donors (Lipinski definition) is 3. The van der Waals surface area contributed by atoms with Gasteiger partial charge in [0.1, 0.15) is 6.10 Å². The fraction of sp³-hybridized carbons (Fsp3) is 0.538. The first kappa shape index (κ1) is 26.5. The number of methoxy groups -OCH3 is 1. The van der Waals surface area contributed by atoms with Crippen LogP contribution in [0.2, 0.25) is 0 Å². The van der Waals surface area contributed by atoms with Crippen LogP contribution in [-0.2, 0) is 4.79 Å². The van der Waals surface area contributed by atoms with Gasteiger partial charge in [-0.05, 0) is 44.4 Å². The lowest BCUT2D eigenvalue weighted by Gasteiger charge is -2.22. The molecule has 11 heteroatoms. The molecule has 0 saturated carbocycles. The number of rotatable bonds is 2. The number of oxazole rings is 1. The third-order valence-corrected chi connectivity index (χ3v) is 6.56. The maximum Gasteiger partial charge on any atom is 0.291 e. The molecule has 0 unspecified atom stereocenters. The molecule has 200 valence electrons. The van der Waals surface area contributed by atoms with E-state index in [0.29, 0.717) is 80.6 Å². The molecule has 1 aromatic carbocycles. The SMILES string of the molecule is COc1ccc2cc1O[C@@H]1CN[C@@H](C1)C(=O)NCCCCN(C(=O)c1oc(C)nc1C)CCCNC2=O. The van der Waals surface area contributed by atoms with Gasteiger partial charge in [0.15, 0.2) is 17.4 Å². The monoisotopic (exact) mass is 513 g/mol. The molecule has 2 atom stereocenters. The smallest absolute Gasteiger partial charge is 0.291 e. The predicted molar refractivity (Wildman–Crippen MR) is 135 cm³/mol. The Bertz CT molecular complexity index is 1130. The van der Waals surface area contributed by atoms with Gasteiger partial charge in [0.2, 0.25) is 11.7 Å². The summed E-state index contributed by atoms with van der Waals surface area (Å²) in [4.78, 5) is 44.6. The third-order valence-electron chi connectivity index (χ3n) is 6.56. The Morgan fingerprint density at radius 2 is 1.89 bits per heavy atom. The largest absolute Gasteiger partial charge is 0.493 e. The molecule has 0 aliphatic carbocycles. The van der Waals surface area contributed by atoms with E-state index < -0.39 is 0 Å². The molecule has 11 nitrogen and oxygen atoms in total. The van der Waals surface area contributed by atoms with Crippen molar-refractivity contribution in [3.8, 4) is 11.5 Å². The summed E-state index contributed by atoms with van der Waals surface area (Å²) < 4.78 is 17.1. The summed E-state index contributed by atoms with van der Waals surface area (Å²) in [5, 5.41) is 9.10. The zero-order chi connectivity index (χ0) is 26.4. The molecule has 1 aromatic heterocycles. The molecule has 0 spiro atoms. The molecule has 4 bridgehead atoms. The number of aryl methyl sites for hydroxylation is 2. The van der Waals surface area contributed by atoms with E-state index >= 15 is 0 Å².